The Morgan fingerprint density at radius 2 is 0.500 bits per heavy atom. The van der Waals surface area contributed by atoms with Crippen molar-refractivity contribution < 1.29 is 28.6 Å². The Hall–Kier alpha value is -2.11. The van der Waals surface area contributed by atoms with E-state index in [-0.39, 0.29) is 31.1 Å². The molecule has 0 amide bonds. The molecule has 0 bridgehead atoms. The van der Waals surface area contributed by atoms with E-state index in [4.69, 9.17) is 14.2 Å². The first-order valence-corrected chi connectivity index (χ1v) is 29.3. The maximum atomic E-state index is 12.9. The zero-order valence-corrected chi connectivity index (χ0v) is 44.5. The van der Waals surface area contributed by atoms with E-state index in [0.717, 1.165) is 64.2 Å². The summed E-state index contributed by atoms with van der Waals surface area (Å²) < 4.78 is 16.9. The second kappa shape index (κ2) is 55.5. The molecular formula is C60H112O6. The average Bonchev–Trinajstić information content (AvgIpc) is 3.31. The molecule has 0 N–H and O–H groups in total. The molecule has 0 rings (SSSR count). The normalized spacial score (nSPS) is 12.1. The Morgan fingerprint density at radius 3 is 0.788 bits per heavy atom. The van der Waals surface area contributed by atoms with Crippen LogP contribution in [0.25, 0.3) is 0 Å². The lowest BCUT2D eigenvalue weighted by Crippen LogP contribution is -2.30. The number of allylic oxidation sites excluding steroid dienone is 4. The van der Waals surface area contributed by atoms with E-state index < -0.39 is 6.10 Å². The van der Waals surface area contributed by atoms with Gasteiger partial charge in [-0.15, -0.1) is 0 Å². The van der Waals surface area contributed by atoms with E-state index in [2.05, 4.69) is 45.1 Å². The third kappa shape index (κ3) is 52.9. The Balaban J connectivity index is 4.30. The van der Waals surface area contributed by atoms with Gasteiger partial charge in [0.15, 0.2) is 6.10 Å². The van der Waals surface area contributed by atoms with Gasteiger partial charge in [0.05, 0.1) is 0 Å². The molecule has 0 aliphatic rings. The van der Waals surface area contributed by atoms with Crippen LogP contribution in [0.1, 0.15) is 323 Å². The number of carbonyl (C=O) groups excluding carboxylic acids is 3. The van der Waals surface area contributed by atoms with Gasteiger partial charge in [-0.05, 0) is 70.6 Å². The minimum Gasteiger partial charge on any atom is -0.462 e. The first-order chi connectivity index (χ1) is 32.5. The van der Waals surface area contributed by atoms with E-state index in [0.29, 0.717) is 19.3 Å². The summed E-state index contributed by atoms with van der Waals surface area (Å²) in [5.74, 6) is -0.865. The molecule has 6 nitrogen and oxygen atoms in total. The van der Waals surface area contributed by atoms with Crippen molar-refractivity contribution in [1.29, 1.82) is 0 Å². The smallest absolute Gasteiger partial charge is 0.306 e. The van der Waals surface area contributed by atoms with E-state index in [1.165, 1.54) is 218 Å². The van der Waals surface area contributed by atoms with Crippen molar-refractivity contribution >= 4 is 17.9 Å². The van der Waals surface area contributed by atoms with Crippen LogP contribution in [0.5, 0.6) is 0 Å². The summed E-state index contributed by atoms with van der Waals surface area (Å²) >= 11 is 0. The molecule has 0 fully saturated rings. The molecule has 1 atom stereocenters. The predicted molar refractivity (Wildman–Crippen MR) is 284 cm³/mol. The Bertz CT molecular complexity index is 1070. The third-order valence-electron chi connectivity index (χ3n) is 13.2. The van der Waals surface area contributed by atoms with E-state index in [9.17, 15) is 14.4 Å². The van der Waals surface area contributed by atoms with Crippen LogP contribution in [0.4, 0.5) is 0 Å². The van der Waals surface area contributed by atoms with Crippen molar-refractivity contribution in [3.63, 3.8) is 0 Å². The van der Waals surface area contributed by atoms with Crippen LogP contribution in [-0.4, -0.2) is 37.2 Å². The Morgan fingerprint density at radius 1 is 0.288 bits per heavy atom. The number of hydrogen-bond acceptors (Lipinski definition) is 6. The van der Waals surface area contributed by atoms with Gasteiger partial charge >= 0.3 is 17.9 Å². The van der Waals surface area contributed by atoms with Gasteiger partial charge in [0.25, 0.3) is 0 Å². The molecule has 0 radical (unpaired) electrons. The Kier molecular flexibility index (Phi) is 53.7. The first kappa shape index (κ1) is 63.9. The molecule has 0 aromatic carbocycles. The molecule has 6 heteroatoms. The zero-order chi connectivity index (χ0) is 47.9. The van der Waals surface area contributed by atoms with Crippen molar-refractivity contribution in [1.82, 2.24) is 0 Å². The fraction of sp³-hybridized carbons (Fsp3) is 0.883. The van der Waals surface area contributed by atoms with Gasteiger partial charge in [0, 0.05) is 19.3 Å². The number of ether oxygens (including phenoxy) is 3. The molecule has 0 aliphatic carbocycles. The van der Waals surface area contributed by atoms with Crippen molar-refractivity contribution in [3.05, 3.63) is 24.3 Å². The highest BCUT2D eigenvalue weighted by atomic mass is 16.6. The third-order valence-corrected chi connectivity index (χ3v) is 13.2. The summed E-state index contributed by atoms with van der Waals surface area (Å²) in [5, 5.41) is 0. The van der Waals surface area contributed by atoms with Crippen LogP contribution in [0.15, 0.2) is 24.3 Å². The largest absolute Gasteiger partial charge is 0.462 e. The second-order valence-electron chi connectivity index (χ2n) is 19.9. The van der Waals surface area contributed by atoms with Crippen LogP contribution in [0, 0.1) is 0 Å². The molecule has 0 saturated carbocycles. The zero-order valence-electron chi connectivity index (χ0n) is 44.5. The van der Waals surface area contributed by atoms with Gasteiger partial charge in [-0.3, -0.25) is 14.4 Å². The summed E-state index contributed by atoms with van der Waals surface area (Å²) in [4.78, 5) is 38.1. The highest BCUT2D eigenvalue weighted by molar-refractivity contribution is 5.71. The SMILES string of the molecule is CCCCC/C=C\CCCCCCCC(=O)OCC(COC(=O)CCCCCCCCC/C=C\CCCCCCCCCC)OC(=O)CCCCCCCCCCCCCCCCCCC. The number of hydrogen-bond donors (Lipinski definition) is 0. The maximum absolute atomic E-state index is 12.9. The number of rotatable bonds is 54. The van der Waals surface area contributed by atoms with Crippen LogP contribution >= 0.6 is 0 Å². The Labute approximate surface area is 411 Å². The minimum absolute atomic E-state index is 0.0719. The van der Waals surface area contributed by atoms with E-state index in [1.54, 1.807) is 0 Å². The van der Waals surface area contributed by atoms with Crippen LogP contribution in [0.2, 0.25) is 0 Å². The van der Waals surface area contributed by atoms with Crippen molar-refractivity contribution in [2.24, 2.45) is 0 Å². The fourth-order valence-electron chi connectivity index (χ4n) is 8.73. The summed E-state index contributed by atoms with van der Waals surface area (Å²) in [5.41, 5.74) is 0. The molecule has 0 saturated heterocycles. The topological polar surface area (TPSA) is 78.9 Å². The van der Waals surface area contributed by atoms with E-state index in [1.807, 2.05) is 0 Å². The molecule has 0 aromatic heterocycles. The molecule has 0 aromatic rings. The fourth-order valence-corrected chi connectivity index (χ4v) is 8.73. The van der Waals surface area contributed by atoms with Crippen molar-refractivity contribution in [3.8, 4) is 0 Å². The first-order valence-electron chi connectivity index (χ1n) is 29.3. The maximum Gasteiger partial charge on any atom is 0.306 e. The average molecular weight is 930 g/mol. The lowest BCUT2D eigenvalue weighted by Gasteiger charge is -2.18. The van der Waals surface area contributed by atoms with Gasteiger partial charge in [-0.25, -0.2) is 0 Å². The number of unbranched alkanes of at least 4 members (excludes halogenated alkanes) is 39. The summed E-state index contributed by atoms with van der Waals surface area (Å²) in [6.07, 6.45) is 64.6. The molecule has 0 heterocycles. The number of carbonyl (C=O) groups is 3. The standard InChI is InChI=1S/C60H112O6/c1-4-7-10-13-16-19-22-25-27-29-30-32-33-35-38-41-44-47-50-53-59(62)65-56-57(55-64-58(61)52-49-46-43-40-37-24-21-18-15-12-9-6-3)66-60(63)54-51-48-45-42-39-36-34-31-28-26-23-20-17-14-11-8-5-2/h18,21,29-30,57H,4-17,19-20,22-28,31-56H2,1-3H3/b21-18-,30-29-. The summed E-state index contributed by atoms with van der Waals surface area (Å²) in [7, 11) is 0. The molecule has 66 heavy (non-hydrogen) atoms. The summed E-state index contributed by atoms with van der Waals surface area (Å²) in [6, 6.07) is 0. The predicted octanol–water partition coefficient (Wildman–Crippen LogP) is 19.5. The summed E-state index contributed by atoms with van der Waals surface area (Å²) in [6.45, 7) is 6.65. The van der Waals surface area contributed by atoms with Crippen molar-refractivity contribution in [2.45, 2.75) is 329 Å². The van der Waals surface area contributed by atoms with Crippen molar-refractivity contribution in [2.75, 3.05) is 13.2 Å². The monoisotopic (exact) mass is 929 g/mol. The minimum atomic E-state index is -0.772. The molecule has 1 unspecified atom stereocenters. The van der Waals surface area contributed by atoms with Crippen LogP contribution in [-0.2, 0) is 28.6 Å². The lowest BCUT2D eigenvalue weighted by atomic mass is 10.0. The molecule has 0 aliphatic heterocycles. The molecular weight excluding hydrogens is 817 g/mol. The van der Waals surface area contributed by atoms with Gasteiger partial charge in [-0.2, -0.15) is 0 Å². The molecule has 388 valence electrons. The lowest BCUT2D eigenvalue weighted by molar-refractivity contribution is -0.167. The van der Waals surface area contributed by atoms with Crippen LogP contribution < -0.4 is 0 Å². The highest BCUT2D eigenvalue weighted by Crippen LogP contribution is 2.17. The highest BCUT2D eigenvalue weighted by Gasteiger charge is 2.19. The van der Waals surface area contributed by atoms with Gasteiger partial charge in [0.2, 0.25) is 0 Å². The van der Waals surface area contributed by atoms with Crippen LogP contribution in [0.3, 0.4) is 0 Å². The van der Waals surface area contributed by atoms with Gasteiger partial charge in [-0.1, -0.05) is 257 Å². The van der Waals surface area contributed by atoms with E-state index >= 15 is 0 Å². The van der Waals surface area contributed by atoms with Gasteiger partial charge in [0.1, 0.15) is 13.2 Å². The number of esters is 3. The second-order valence-corrected chi connectivity index (χ2v) is 19.9. The quantitative estimate of drug-likeness (QED) is 0.0262. The molecule has 0 spiro atoms. The van der Waals surface area contributed by atoms with Gasteiger partial charge < -0.3 is 14.2 Å².